The Kier molecular flexibility index (Phi) is 4.45. The summed E-state index contributed by atoms with van der Waals surface area (Å²) in [5.74, 6) is -2.92. The maximum Gasteiger partial charge on any atom is 0.409 e. The smallest absolute Gasteiger partial charge is 0.344 e. The number of carbonyl (C=O) groups excluding carboxylic acids is 3. The predicted molar refractivity (Wildman–Crippen MR) is 63.3 cm³/mol. The van der Waals surface area contributed by atoms with Gasteiger partial charge < -0.3 is 5.32 Å². The molecule has 2 unspecified atom stereocenters. The predicted octanol–water partition coefficient (Wildman–Crippen LogP) is 1.13. The molecule has 20 heavy (non-hydrogen) atoms. The van der Waals surface area contributed by atoms with Crippen LogP contribution in [-0.4, -0.2) is 29.9 Å². The van der Waals surface area contributed by atoms with E-state index >= 15 is 0 Å². The molecule has 0 aromatic carbocycles. The van der Waals surface area contributed by atoms with Gasteiger partial charge in [0.2, 0.25) is 17.7 Å². The third-order valence-electron chi connectivity index (χ3n) is 3.00. The van der Waals surface area contributed by atoms with Gasteiger partial charge in [-0.05, 0) is 5.41 Å². The van der Waals surface area contributed by atoms with Gasteiger partial charge in [0.1, 0.15) is 6.04 Å². The van der Waals surface area contributed by atoms with Gasteiger partial charge in [0, 0.05) is 12.8 Å². The standard InChI is InChI=1S/C12H17F3N2O3/c1-11(2,3)10(12(13,14)15)17-8(19)5-6-4-7(18)16-9(6)20/h6,10H,4-5H2,1-3H3,(H,17,19)(H,16,18,20). The maximum atomic E-state index is 12.9. The molecule has 0 saturated carbocycles. The highest BCUT2D eigenvalue weighted by molar-refractivity contribution is 6.04. The van der Waals surface area contributed by atoms with Gasteiger partial charge in [0.15, 0.2) is 0 Å². The van der Waals surface area contributed by atoms with Crippen LogP contribution < -0.4 is 10.6 Å². The molecule has 0 spiro atoms. The van der Waals surface area contributed by atoms with E-state index in [1.54, 1.807) is 0 Å². The lowest BCUT2D eigenvalue weighted by Gasteiger charge is -2.33. The molecule has 1 aliphatic rings. The summed E-state index contributed by atoms with van der Waals surface area (Å²) in [5.41, 5.74) is -1.21. The number of carbonyl (C=O) groups is 3. The van der Waals surface area contributed by atoms with Crippen LogP contribution in [0.4, 0.5) is 13.2 Å². The van der Waals surface area contributed by atoms with Crippen LogP contribution in [0.25, 0.3) is 0 Å². The number of hydrogen-bond donors (Lipinski definition) is 2. The molecule has 2 atom stereocenters. The number of alkyl halides is 3. The van der Waals surface area contributed by atoms with E-state index < -0.39 is 47.7 Å². The first-order valence-electron chi connectivity index (χ1n) is 6.11. The van der Waals surface area contributed by atoms with Crippen molar-refractivity contribution >= 4 is 17.7 Å². The molecule has 3 amide bonds. The average Bonchev–Trinajstić information content (AvgIpc) is 2.50. The van der Waals surface area contributed by atoms with Gasteiger partial charge in [-0.3, -0.25) is 19.7 Å². The normalized spacial score (nSPS) is 21.6. The lowest BCUT2D eigenvalue weighted by Crippen LogP contribution is -2.53. The Balaban J connectivity index is 2.68. The molecular weight excluding hydrogens is 277 g/mol. The first kappa shape index (κ1) is 16.5. The van der Waals surface area contributed by atoms with Gasteiger partial charge in [0.05, 0.1) is 5.92 Å². The Labute approximate surface area is 114 Å². The topological polar surface area (TPSA) is 75.3 Å². The van der Waals surface area contributed by atoms with Gasteiger partial charge in [-0.15, -0.1) is 0 Å². The van der Waals surface area contributed by atoms with E-state index in [1.807, 2.05) is 10.6 Å². The first-order valence-corrected chi connectivity index (χ1v) is 6.11. The molecule has 0 aliphatic carbocycles. The molecule has 0 radical (unpaired) electrons. The Bertz CT molecular complexity index is 413. The van der Waals surface area contributed by atoms with Crippen LogP contribution in [0.3, 0.4) is 0 Å². The fraction of sp³-hybridized carbons (Fsp3) is 0.750. The number of halogens is 3. The summed E-state index contributed by atoms with van der Waals surface area (Å²) in [7, 11) is 0. The summed E-state index contributed by atoms with van der Waals surface area (Å²) >= 11 is 0. The van der Waals surface area contributed by atoms with Crippen LogP contribution in [0.1, 0.15) is 33.6 Å². The van der Waals surface area contributed by atoms with Crippen LogP contribution in [0.5, 0.6) is 0 Å². The molecule has 1 heterocycles. The summed E-state index contributed by atoms with van der Waals surface area (Å²) in [6.07, 6.45) is -5.18. The molecule has 1 rings (SSSR count). The van der Waals surface area contributed by atoms with Crippen molar-refractivity contribution in [2.75, 3.05) is 0 Å². The Morgan fingerprint density at radius 3 is 2.25 bits per heavy atom. The fourth-order valence-corrected chi connectivity index (χ4v) is 2.00. The molecule has 1 saturated heterocycles. The summed E-state index contributed by atoms with van der Waals surface area (Å²) < 4.78 is 38.6. The minimum atomic E-state index is -4.58. The van der Waals surface area contributed by atoms with Crippen LogP contribution in [0, 0.1) is 11.3 Å². The molecule has 0 bridgehead atoms. The Morgan fingerprint density at radius 2 is 1.90 bits per heavy atom. The number of hydrogen-bond acceptors (Lipinski definition) is 3. The highest BCUT2D eigenvalue weighted by Gasteiger charge is 2.48. The van der Waals surface area contributed by atoms with Crippen LogP contribution >= 0.6 is 0 Å². The molecule has 5 nitrogen and oxygen atoms in total. The fourth-order valence-electron chi connectivity index (χ4n) is 2.00. The second-order valence-corrected chi connectivity index (χ2v) is 5.93. The molecule has 0 aromatic rings. The highest BCUT2D eigenvalue weighted by Crippen LogP contribution is 2.33. The molecule has 1 fully saturated rings. The minimum absolute atomic E-state index is 0.168. The van der Waals surface area contributed by atoms with Gasteiger partial charge >= 0.3 is 6.18 Å². The van der Waals surface area contributed by atoms with E-state index in [0.717, 1.165) is 0 Å². The molecule has 2 N–H and O–H groups in total. The van der Waals surface area contributed by atoms with Crippen molar-refractivity contribution in [1.29, 1.82) is 0 Å². The molecule has 8 heteroatoms. The second-order valence-electron chi connectivity index (χ2n) is 5.93. The van der Waals surface area contributed by atoms with Crippen molar-refractivity contribution in [2.24, 2.45) is 11.3 Å². The third-order valence-corrected chi connectivity index (χ3v) is 3.00. The van der Waals surface area contributed by atoms with Crippen molar-refractivity contribution < 1.29 is 27.6 Å². The number of nitrogens with one attached hydrogen (secondary N) is 2. The average molecular weight is 294 g/mol. The zero-order valence-electron chi connectivity index (χ0n) is 11.4. The number of imide groups is 1. The first-order chi connectivity index (χ1) is 8.91. The van der Waals surface area contributed by atoms with Crippen molar-refractivity contribution in [2.45, 2.75) is 45.8 Å². The second kappa shape index (κ2) is 5.41. The third kappa shape index (κ3) is 4.21. The summed E-state index contributed by atoms with van der Waals surface area (Å²) in [4.78, 5) is 33.9. The van der Waals surface area contributed by atoms with Crippen molar-refractivity contribution in [3.8, 4) is 0 Å². The van der Waals surface area contributed by atoms with Gasteiger partial charge in [-0.25, -0.2) is 0 Å². The van der Waals surface area contributed by atoms with Gasteiger partial charge in [0.25, 0.3) is 0 Å². The van der Waals surface area contributed by atoms with Gasteiger partial charge in [-0.2, -0.15) is 13.2 Å². The number of amides is 3. The monoisotopic (exact) mass is 294 g/mol. The maximum absolute atomic E-state index is 12.9. The zero-order chi connectivity index (χ0) is 15.7. The molecular formula is C12H17F3N2O3. The summed E-state index contributed by atoms with van der Waals surface area (Å²) in [5, 5.41) is 3.91. The van der Waals surface area contributed by atoms with Crippen LogP contribution in [0.2, 0.25) is 0 Å². The lowest BCUT2D eigenvalue weighted by molar-refractivity contribution is -0.181. The molecule has 114 valence electrons. The van der Waals surface area contributed by atoms with Gasteiger partial charge in [-0.1, -0.05) is 20.8 Å². The van der Waals surface area contributed by atoms with E-state index in [9.17, 15) is 27.6 Å². The summed E-state index contributed by atoms with van der Waals surface area (Å²) in [6.45, 7) is 4.08. The quantitative estimate of drug-likeness (QED) is 0.766. The van der Waals surface area contributed by atoms with E-state index in [-0.39, 0.29) is 6.42 Å². The van der Waals surface area contributed by atoms with E-state index in [2.05, 4.69) is 0 Å². The Hall–Kier alpha value is -1.60. The van der Waals surface area contributed by atoms with E-state index in [0.29, 0.717) is 0 Å². The number of rotatable bonds is 3. The lowest BCUT2D eigenvalue weighted by atomic mass is 9.86. The van der Waals surface area contributed by atoms with Crippen molar-refractivity contribution in [1.82, 2.24) is 10.6 Å². The molecule has 1 aliphatic heterocycles. The molecule has 0 aromatic heterocycles. The van der Waals surface area contributed by atoms with Crippen LogP contribution in [0.15, 0.2) is 0 Å². The van der Waals surface area contributed by atoms with Crippen molar-refractivity contribution in [3.63, 3.8) is 0 Å². The van der Waals surface area contributed by atoms with Crippen molar-refractivity contribution in [3.05, 3.63) is 0 Å². The Morgan fingerprint density at radius 1 is 1.35 bits per heavy atom. The minimum Gasteiger partial charge on any atom is -0.344 e. The highest BCUT2D eigenvalue weighted by atomic mass is 19.4. The van der Waals surface area contributed by atoms with Crippen LogP contribution in [-0.2, 0) is 14.4 Å². The SMILES string of the molecule is CC(C)(C)C(NC(=O)CC1CC(=O)NC1=O)C(F)(F)F. The van der Waals surface area contributed by atoms with E-state index in [4.69, 9.17) is 0 Å². The summed E-state index contributed by atoms with van der Waals surface area (Å²) in [6, 6.07) is -2.01. The van der Waals surface area contributed by atoms with E-state index in [1.165, 1.54) is 20.8 Å². The largest absolute Gasteiger partial charge is 0.409 e. The zero-order valence-corrected chi connectivity index (χ0v) is 11.4.